The zero-order valence-corrected chi connectivity index (χ0v) is 22.6. The average molecular weight is 572 g/mol. The second kappa shape index (κ2) is 10.9. The molecule has 0 radical (unpaired) electrons. The van der Waals surface area contributed by atoms with Crippen molar-refractivity contribution in [1.82, 2.24) is 25.2 Å². The largest absolute Gasteiger partial charge is 0.446 e. The van der Waals surface area contributed by atoms with Crippen LogP contribution in [-0.4, -0.2) is 43.4 Å². The molecule has 0 saturated heterocycles. The number of tetrazole rings is 1. The number of ether oxygens (including phenoxy) is 1. The zero-order valence-electron chi connectivity index (χ0n) is 21.1. The Morgan fingerprint density at radius 3 is 2.45 bits per heavy atom. The molecule has 2 aromatic heterocycles. The lowest BCUT2D eigenvalue weighted by molar-refractivity contribution is -0.141. The summed E-state index contributed by atoms with van der Waals surface area (Å²) in [6, 6.07) is 5.95. The minimum atomic E-state index is -4.69. The van der Waals surface area contributed by atoms with Crippen molar-refractivity contribution in [3.05, 3.63) is 57.3 Å². The topological polar surface area (TPSA) is 89.3 Å². The number of alkyl halides is 3. The summed E-state index contributed by atoms with van der Waals surface area (Å²) >= 11 is 12.4. The van der Waals surface area contributed by atoms with E-state index in [0.717, 1.165) is 6.07 Å². The number of hydrogen-bond acceptors (Lipinski definition) is 7. The number of rotatable bonds is 6. The van der Waals surface area contributed by atoms with Crippen molar-refractivity contribution in [3.63, 3.8) is 0 Å². The number of carbonyl (C=O) groups excluding carboxylic acids is 1. The normalized spacial score (nSPS) is 17.5. The van der Waals surface area contributed by atoms with E-state index in [1.165, 1.54) is 15.8 Å². The monoisotopic (exact) mass is 571 g/mol. The number of halogens is 5. The lowest BCUT2D eigenvalue weighted by Gasteiger charge is -2.43. The number of aromatic nitrogens is 5. The highest BCUT2D eigenvalue weighted by Crippen LogP contribution is 2.44. The summed E-state index contributed by atoms with van der Waals surface area (Å²) < 4.78 is 46.7. The molecule has 1 aliphatic rings. The Bertz CT molecular complexity index is 1300. The molecule has 9 nitrogen and oxygen atoms in total. The molecular formula is C24H26Cl2F3N7O2. The van der Waals surface area contributed by atoms with E-state index in [2.05, 4.69) is 20.4 Å². The van der Waals surface area contributed by atoms with Gasteiger partial charge in [0.05, 0.1) is 30.6 Å². The predicted octanol–water partition coefficient (Wildman–Crippen LogP) is 6.21. The molecule has 204 valence electrons. The molecule has 0 saturated carbocycles. The molecule has 0 spiro atoms. The van der Waals surface area contributed by atoms with Crippen molar-refractivity contribution < 1.29 is 22.7 Å². The SMILES string of the molecule is CC[C@@H]1C[C@H](N(Cc2cc(Cl)cc(Cl)c2)c2nnn(C)n2)c2nc(C(F)(F)F)ccc2N1C(=O)OC(C)C. The van der Waals surface area contributed by atoms with E-state index < -0.39 is 36.2 Å². The lowest BCUT2D eigenvalue weighted by Crippen LogP contribution is -2.49. The molecule has 0 aliphatic carbocycles. The van der Waals surface area contributed by atoms with E-state index in [4.69, 9.17) is 27.9 Å². The number of amides is 1. The molecule has 0 fully saturated rings. The van der Waals surface area contributed by atoms with E-state index >= 15 is 0 Å². The van der Waals surface area contributed by atoms with Crippen LogP contribution >= 0.6 is 23.2 Å². The molecule has 38 heavy (non-hydrogen) atoms. The van der Waals surface area contributed by atoms with Gasteiger partial charge in [0.15, 0.2) is 0 Å². The molecule has 0 N–H and O–H groups in total. The quantitative estimate of drug-likeness (QED) is 0.347. The lowest BCUT2D eigenvalue weighted by atomic mass is 9.92. The minimum Gasteiger partial charge on any atom is -0.446 e. The van der Waals surface area contributed by atoms with Gasteiger partial charge in [0, 0.05) is 22.6 Å². The Balaban J connectivity index is 1.89. The number of hydrogen-bond donors (Lipinski definition) is 0. The van der Waals surface area contributed by atoms with Crippen LogP contribution in [0.2, 0.25) is 10.0 Å². The third-order valence-corrected chi connectivity index (χ3v) is 6.48. The van der Waals surface area contributed by atoms with Crippen LogP contribution in [0.25, 0.3) is 0 Å². The van der Waals surface area contributed by atoms with Gasteiger partial charge >= 0.3 is 12.3 Å². The van der Waals surface area contributed by atoms with Crippen LogP contribution < -0.4 is 9.80 Å². The fraction of sp³-hybridized carbons (Fsp3) is 0.458. The van der Waals surface area contributed by atoms with E-state index in [1.54, 1.807) is 44.0 Å². The van der Waals surface area contributed by atoms with Crippen molar-refractivity contribution in [2.75, 3.05) is 9.80 Å². The summed E-state index contributed by atoms with van der Waals surface area (Å²) in [6.45, 7) is 5.44. The van der Waals surface area contributed by atoms with Gasteiger partial charge in [0.1, 0.15) is 5.69 Å². The highest BCUT2D eigenvalue weighted by atomic mass is 35.5. The third-order valence-electron chi connectivity index (χ3n) is 6.04. The summed E-state index contributed by atoms with van der Waals surface area (Å²) in [6.07, 6.45) is -5.03. The summed E-state index contributed by atoms with van der Waals surface area (Å²) in [5.74, 6) is 0.173. The second-order valence-corrected chi connectivity index (χ2v) is 10.1. The maximum atomic E-state index is 13.8. The van der Waals surface area contributed by atoms with Crippen LogP contribution in [0.3, 0.4) is 0 Å². The third kappa shape index (κ3) is 5.96. The number of pyridine rings is 1. The van der Waals surface area contributed by atoms with Gasteiger partial charge in [-0.25, -0.2) is 9.78 Å². The van der Waals surface area contributed by atoms with Crippen LogP contribution in [0.1, 0.15) is 56.6 Å². The predicted molar refractivity (Wildman–Crippen MR) is 136 cm³/mol. The maximum Gasteiger partial charge on any atom is 0.433 e. The Hall–Kier alpha value is -3.12. The highest BCUT2D eigenvalue weighted by molar-refractivity contribution is 6.34. The summed E-state index contributed by atoms with van der Waals surface area (Å²) in [4.78, 5) is 21.5. The number of benzene rings is 1. The van der Waals surface area contributed by atoms with Crippen molar-refractivity contribution in [2.45, 2.75) is 64.5 Å². The summed E-state index contributed by atoms with van der Waals surface area (Å²) in [7, 11) is 1.58. The molecule has 3 heterocycles. The molecular weight excluding hydrogens is 546 g/mol. The molecule has 1 amide bonds. The van der Waals surface area contributed by atoms with Crippen LogP contribution in [0.5, 0.6) is 0 Å². The van der Waals surface area contributed by atoms with Gasteiger partial charge in [0.25, 0.3) is 5.95 Å². The number of fused-ring (bicyclic) bond motifs is 1. The van der Waals surface area contributed by atoms with Gasteiger partial charge in [-0.15, -0.1) is 5.10 Å². The number of anilines is 2. The summed E-state index contributed by atoms with van der Waals surface area (Å²) in [5, 5.41) is 13.2. The molecule has 4 rings (SSSR count). The van der Waals surface area contributed by atoms with Gasteiger partial charge in [-0.1, -0.05) is 35.2 Å². The maximum absolute atomic E-state index is 13.8. The van der Waals surface area contributed by atoms with Crippen LogP contribution in [0.15, 0.2) is 30.3 Å². The highest BCUT2D eigenvalue weighted by Gasteiger charge is 2.43. The van der Waals surface area contributed by atoms with E-state index in [9.17, 15) is 18.0 Å². The Labute approximate surface area is 227 Å². The molecule has 0 bridgehead atoms. The Morgan fingerprint density at radius 1 is 1.21 bits per heavy atom. The van der Waals surface area contributed by atoms with Crippen LogP contribution in [-0.2, 0) is 24.5 Å². The number of aryl methyl sites for hydroxylation is 1. The first kappa shape index (κ1) is 27.9. The van der Waals surface area contributed by atoms with E-state index in [-0.39, 0.29) is 30.3 Å². The number of nitrogens with zero attached hydrogens (tertiary/aromatic N) is 7. The molecule has 3 aromatic rings. The smallest absolute Gasteiger partial charge is 0.433 e. The van der Waals surface area contributed by atoms with E-state index in [1.807, 2.05) is 6.92 Å². The minimum absolute atomic E-state index is 0.0470. The molecule has 14 heteroatoms. The first-order valence-corrected chi connectivity index (χ1v) is 12.7. The van der Waals surface area contributed by atoms with Gasteiger partial charge in [-0.2, -0.15) is 18.0 Å². The van der Waals surface area contributed by atoms with Crippen molar-refractivity contribution >= 4 is 40.9 Å². The van der Waals surface area contributed by atoms with Gasteiger partial charge in [-0.3, -0.25) is 4.90 Å². The molecule has 0 unspecified atom stereocenters. The van der Waals surface area contributed by atoms with E-state index in [0.29, 0.717) is 22.0 Å². The van der Waals surface area contributed by atoms with Crippen LogP contribution in [0, 0.1) is 0 Å². The van der Waals surface area contributed by atoms with Gasteiger partial charge in [0.2, 0.25) is 0 Å². The fourth-order valence-electron chi connectivity index (χ4n) is 4.48. The zero-order chi connectivity index (χ0) is 27.8. The van der Waals surface area contributed by atoms with Crippen molar-refractivity contribution in [2.24, 2.45) is 7.05 Å². The average Bonchev–Trinajstić information content (AvgIpc) is 3.25. The first-order valence-electron chi connectivity index (χ1n) is 11.9. The standard InChI is InChI=1S/C24H26Cl2F3N7O2/c1-5-17-11-19(35(22-31-33-34(4)32-22)12-14-8-15(25)10-16(26)9-14)21-18(36(17)23(37)38-13(2)3)6-7-20(30-21)24(27,28)29/h6-10,13,17,19H,5,11-12H2,1-4H3/t17-,19+/m1/s1. The molecule has 1 aromatic carbocycles. The van der Waals surface area contributed by atoms with Crippen molar-refractivity contribution in [3.8, 4) is 0 Å². The fourth-order valence-corrected chi connectivity index (χ4v) is 5.06. The summed E-state index contributed by atoms with van der Waals surface area (Å²) in [5.41, 5.74) is -0.125. The first-order chi connectivity index (χ1) is 17.9. The second-order valence-electron chi connectivity index (χ2n) is 9.20. The van der Waals surface area contributed by atoms with Crippen LogP contribution in [0.4, 0.5) is 29.6 Å². The van der Waals surface area contributed by atoms with Gasteiger partial charge < -0.3 is 9.64 Å². The van der Waals surface area contributed by atoms with Gasteiger partial charge in [-0.05, 0) is 67.8 Å². The molecule has 2 atom stereocenters. The molecule has 1 aliphatic heterocycles. The van der Waals surface area contributed by atoms with Crippen molar-refractivity contribution in [1.29, 1.82) is 0 Å². The number of carbonyl (C=O) groups is 1. The Morgan fingerprint density at radius 2 is 1.89 bits per heavy atom. The Kier molecular flexibility index (Phi) is 8.03.